The van der Waals surface area contributed by atoms with Crippen LogP contribution in [0, 0.1) is 0 Å². The number of nitrogens with one attached hydrogen (secondary N) is 1. The van der Waals surface area contributed by atoms with Crippen LogP contribution in [0.3, 0.4) is 0 Å². The van der Waals surface area contributed by atoms with Gasteiger partial charge in [-0.2, -0.15) is 0 Å². The molecule has 4 aromatic rings. The number of rotatable bonds is 6. The Labute approximate surface area is 255 Å². The van der Waals surface area contributed by atoms with Gasteiger partial charge in [0.15, 0.2) is 0 Å². The van der Waals surface area contributed by atoms with Gasteiger partial charge in [0, 0.05) is 42.2 Å². The molecule has 226 valence electrons. The standard InChI is InChI=1S/C34H35N5O5/c1-34(2,3)44-33(42)38-31-26-18-43-17-25(26)24-11-8-19(12-27(24)37-31)16-39(29-23-7-5-4-6-21(23)13-28(29)40)32(41)22-14-35-30(36-15-22)20-9-10-20/h4-8,11-12,14-15,20,28-29,40H,9-10,13,16-18H2,1-3H3,(H,37,38,42)/t28-,29-/m1/s1. The van der Waals surface area contributed by atoms with Crippen molar-refractivity contribution in [3.63, 3.8) is 0 Å². The fourth-order valence-corrected chi connectivity index (χ4v) is 6.18. The summed E-state index contributed by atoms with van der Waals surface area (Å²) in [5.74, 6) is 1.30. The number of anilines is 1. The van der Waals surface area contributed by atoms with E-state index >= 15 is 0 Å². The van der Waals surface area contributed by atoms with Gasteiger partial charge in [0.25, 0.3) is 5.91 Å². The average molecular weight is 594 g/mol. The minimum Gasteiger partial charge on any atom is -0.444 e. The highest BCUT2D eigenvalue weighted by atomic mass is 16.6. The van der Waals surface area contributed by atoms with E-state index in [2.05, 4.69) is 15.3 Å². The summed E-state index contributed by atoms with van der Waals surface area (Å²) < 4.78 is 11.2. The van der Waals surface area contributed by atoms with Gasteiger partial charge in [-0.15, -0.1) is 0 Å². The molecule has 3 heterocycles. The number of aliphatic hydroxyl groups excluding tert-OH is 1. The second-order valence-electron chi connectivity index (χ2n) is 12.8. The molecule has 44 heavy (non-hydrogen) atoms. The van der Waals surface area contributed by atoms with Gasteiger partial charge >= 0.3 is 6.09 Å². The highest BCUT2D eigenvalue weighted by Crippen LogP contribution is 2.40. The van der Waals surface area contributed by atoms with Crippen LogP contribution < -0.4 is 5.32 Å². The molecule has 2 aromatic carbocycles. The molecule has 2 aromatic heterocycles. The van der Waals surface area contributed by atoms with E-state index in [1.807, 2.05) is 42.5 Å². The van der Waals surface area contributed by atoms with E-state index in [1.165, 1.54) is 0 Å². The van der Waals surface area contributed by atoms with Crippen molar-refractivity contribution in [2.75, 3.05) is 5.32 Å². The minimum absolute atomic E-state index is 0.222. The van der Waals surface area contributed by atoms with Gasteiger partial charge in [-0.25, -0.2) is 19.7 Å². The van der Waals surface area contributed by atoms with Gasteiger partial charge in [0.2, 0.25) is 0 Å². The summed E-state index contributed by atoms with van der Waals surface area (Å²) in [5.41, 5.74) is 4.96. The number of ether oxygens (including phenoxy) is 2. The van der Waals surface area contributed by atoms with Crippen LogP contribution in [0.5, 0.6) is 0 Å². The summed E-state index contributed by atoms with van der Waals surface area (Å²) in [6.45, 7) is 6.39. The van der Waals surface area contributed by atoms with Gasteiger partial charge in [-0.3, -0.25) is 10.1 Å². The molecule has 2 N–H and O–H groups in total. The molecule has 2 amide bonds. The molecular formula is C34H35N5O5. The Balaban J connectivity index is 1.25. The van der Waals surface area contributed by atoms with Crippen molar-refractivity contribution in [3.8, 4) is 0 Å². The van der Waals surface area contributed by atoms with Crippen molar-refractivity contribution in [2.24, 2.45) is 0 Å². The molecule has 0 radical (unpaired) electrons. The van der Waals surface area contributed by atoms with Crippen LogP contribution in [-0.2, 0) is 35.7 Å². The first-order valence-electron chi connectivity index (χ1n) is 15.1. The van der Waals surface area contributed by atoms with Crippen molar-refractivity contribution in [2.45, 2.75) is 83.5 Å². The third kappa shape index (κ3) is 5.51. The maximum atomic E-state index is 14.1. The number of pyridine rings is 1. The first kappa shape index (κ1) is 28.4. The van der Waals surface area contributed by atoms with Crippen LogP contribution >= 0.6 is 0 Å². The van der Waals surface area contributed by atoms with Crippen LogP contribution in [0.25, 0.3) is 10.9 Å². The zero-order valence-electron chi connectivity index (χ0n) is 25.0. The second kappa shape index (κ2) is 10.9. The lowest BCUT2D eigenvalue weighted by Gasteiger charge is -2.32. The fourth-order valence-electron chi connectivity index (χ4n) is 6.18. The molecule has 2 aliphatic carbocycles. The van der Waals surface area contributed by atoms with E-state index < -0.39 is 23.8 Å². The first-order chi connectivity index (χ1) is 21.1. The SMILES string of the molecule is CC(C)(C)OC(=O)Nc1nc2cc(CN(C(=O)c3cnc(C4CC4)nc3)[C@@H]3c4ccccc4C[C@H]3O)ccc2c2c1COC2. The van der Waals surface area contributed by atoms with Crippen LogP contribution in [-0.4, -0.2) is 48.7 Å². The normalized spacial score (nSPS) is 19.0. The number of aliphatic hydroxyl groups is 1. The minimum atomic E-state index is -0.758. The Morgan fingerprint density at radius 2 is 1.82 bits per heavy atom. The summed E-state index contributed by atoms with van der Waals surface area (Å²) in [6, 6.07) is 13.2. The third-order valence-corrected chi connectivity index (χ3v) is 8.36. The lowest BCUT2D eigenvalue weighted by molar-refractivity contribution is 0.0384. The largest absolute Gasteiger partial charge is 0.444 e. The molecule has 0 saturated heterocycles. The molecule has 3 aliphatic rings. The predicted molar refractivity (Wildman–Crippen MR) is 163 cm³/mol. The van der Waals surface area contributed by atoms with Gasteiger partial charge in [0.1, 0.15) is 17.2 Å². The Kier molecular flexibility index (Phi) is 7.05. The molecule has 2 atom stereocenters. The Morgan fingerprint density at radius 3 is 2.57 bits per heavy atom. The lowest BCUT2D eigenvalue weighted by atomic mass is 10.0. The van der Waals surface area contributed by atoms with Crippen LogP contribution in [0.1, 0.15) is 89.6 Å². The van der Waals surface area contributed by atoms with Crippen LogP contribution in [0.15, 0.2) is 54.9 Å². The van der Waals surface area contributed by atoms with E-state index in [-0.39, 0.29) is 12.5 Å². The molecule has 0 spiro atoms. The lowest BCUT2D eigenvalue weighted by Crippen LogP contribution is -2.38. The summed E-state index contributed by atoms with van der Waals surface area (Å²) >= 11 is 0. The van der Waals surface area contributed by atoms with Crippen molar-refractivity contribution >= 4 is 28.7 Å². The number of benzene rings is 2. The van der Waals surface area contributed by atoms with Crippen LogP contribution in [0.4, 0.5) is 10.6 Å². The first-order valence-corrected chi connectivity index (χ1v) is 15.1. The average Bonchev–Trinajstić information content (AvgIpc) is 3.61. The van der Waals surface area contributed by atoms with E-state index in [1.54, 1.807) is 38.1 Å². The monoisotopic (exact) mass is 593 g/mol. The zero-order chi connectivity index (χ0) is 30.6. The zero-order valence-corrected chi connectivity index (χ0v) is 25.0. The summed E-state index contributed by atoms with van der Waals surface area (Å²) in [7, 11) is 0. The number of carbonyl (C=O) groups is 2. The second-order valence-corrected chi connectivity index (χ2v) is 12.8. The Hall–Kier alpha value is -4.41. The number of hydrogen-bond acceptors (Lipinski definition) is 8. The van der Waals surface area contributed by atoms with Crippen LogP contribution in [0.2, 0.25) is 0 Å². The number of amides is 2. The van der Waals surface area contributed by atoms with Gasteiger partial charge < -0.3 is 19.5 Å². The summed E-state index contributed by atoms with van der Waals surface area (Å²) in [6.07, 6.45) is 4.47. The number of carbonyl (C=O) groups excluding carboxylic acids is 2. The number of hydrogen-bond donors (Lipinski definition) is 2. The molecule has 1 aliphatic heterocycles. The number of aromatic nitrogens is 3. The van der Waals surface area contributed by atoms with Crippen molar-refractivity contribution in [3.05, 3.63) is 94.1 Å². The molecule has 10 heteroatoms. The number of nitrogens with zero attached hydrogens (tertiary/aromatic N) is 4. The molecular weight excluding hydrogens is 558 g/mol. The van der Waals surface area contributed by atoms with Gasteiger partial charge in [0.05, 0.1) is 36.4 Å². The summed E-state index contributed by atoms with van der Waals surface area (Å²) in [4.78, 5) is 42.3. The van der Waals surface area contributed by atoms with E-state index in [0.717, 1.165) is 51.9 Å². The van der Waals surface area contributed by atoms with Crippen molar-refractivity contribution < 1.29 is 24.2 Å². The topological polar surface area (TPSA) is 127 Å². The Bertz CT molecular complexity index is 1760. The predicted octanol–water partition coefficient (Wildman–Crippen LogP) is 5.58. The molecule has 10 nitrogen and oxygen atoms in total. The molecule has 7 rings (SSSR count). The van der Waals surface area contributed by atoms with E-state index in [4.69, 9.17) is 14.5 Å². The van der Waals surface area contributed by atoms with E-state index in [0.29, 0.717) is 42.5 Å². The molecule has 1 saturated carbocycles. The third-order valence-electron chi connectivity index (χ3n) is 8.36. The van der Waals surface area contributed by atoms with E-state index in [9.17, 15) is 14.7 Å². The Morgan fingerprint density at radius 1 is 1.07 bits per heavy atom. The summed E-state index contributed by atoms with van der Waals surface area (Å²) in [5, 5.41) is 15.0. The highest BCUT2D eigenvalue weighted by molar-refractivity contribution is 5.94. The van der Waals surface area contributed by atoms with Gasteiger partial charge in [-0.1, -0.05) is 36.4 Å². The molecule has 0 bridgehead atoms. The molecule has 0 unspecified atom stereocenters. The van der Waals surface area contributed by atoms with Crippen molar-refractivity contribution in [1.29, 1.82) is 0 Å². The molecule has 1 fully saturated rings. The highest BCUT2D eigenvalue weighted by Gasteiger charge is 2.38. The smallest absolute Gasteiger partial charge is 0.413 e. The fraction of sp³-hybridized carbons (Fsp3) is 0.382. The van der Waals surface area contributed by atoms with Gasteiger partial charge in [-0.05, 0) is 61.9 Å². The maximum Gasteiger partial charge on any atom is 0.413 e. The maximum absolute atomic E-state index is 14.1. The quantitative estimate of drug-likeness (QED) is 0.297. The number of fused-ring (bicyclic) bond motifs is 4. The van der Waals surface area contributed by atoms with Crippen molar-refractivity contribution in [1.82, 2.24) is 19.9 Å².